The van der Waals surface area contributed by atoms with Crippen molar-refractivity contribution in [1.82, 2.24) is 15.1 Å². The highest BCUT2D eigenvalue weighted by Gasteiger charge is 2.38. The smallest absolute Gasteiger partial charge is 0.416 e. The topological polar surface area (TPSA) is 52.5 Å². The highest BCUT2D eigenvalue weighted by Crippen LogP contribution is 2.39. The third kappa shape index (κ3) is 3.77. The second-order valence-electron chi connectivity index (χ2n) is 7.95. The number of aromatic hydroxyl groups is 1. The Hall–Kier alpha value is -2.35. The van der Waals surface area contributed by atoms with Crippen LogP contribution < -0.4 is 4.90 Å². The Bertz CT molecular complexity index is 861. The summed E-state index contributed by atoms with van der Waals surface area (Å²) in [5.41, 5.74) is 0.0893. The van der Waals surface area contributed by atoms with E-state index in [1.165, 1.54) is 13.3 Å². The lowest BCUT2D eigenvalue weighted by atomic mass is 9.92. The van der Waals surface area contributed by atoms with Crippen molar-refractivity contribution in [1.29, 1.82) is 0 Å². The summed E-state index contributed by atoms with van der Waals surface area (Å²) in [6.07, 6.45) is -2.17. The van der Waals surface area contributed by atoms with E-state index >= 15 is 0 Å². The van der Waals surface area contributed by atoms with E-state index < -0.39 is 17.5 Å². The number of hydrogen-bond donors (Lipinski definition) is 1. The standard InChI is InChI=1S/C21H25F3N4O/c1-3-27-8-6-14-7-9-28(17(14)12-27)19-5-4-16(25-26-19)20-13(2)10-15(11-18(20)29)21(22,23)24/h4-5,10-11,14,17,29H,3,6-9,12H2,1-2H3. The van der Waals surface area contributed by atoms with Gasteiger partial charge in [0.2, 0.25) is 0 Å². The van der Waals surface area contributed by atoms with Crippen LogP contribution in [0.5, 0.6) is 5.75 Å². The van der Waals surface area contributed by atoms with Crippen LogP contribution in [0.25, 0.3) is 11.3 Å². The van der Waals surface area contributed by atoms with Crippen molar-refractivity contribution in [2.24, 2.45) is 5.92 Å². The van der Waals surface area contributed by atoms with Gasteiger partial charge in [-0.3, -0.25) is 0 Å². The van der Waals surface area contributed by atoms with E-state index in [1.807, 2.05) is 6.07 Å². The number of phenolic OH excluding ortho intramolecular Hbond substituents is 1. The summed E-state index contributed by atoms with van der Waals surface area (Å²) in [6, 6.07) is 5.77. The van der Waals surface area contributed by atoms with Crippen LogP contribution in [0.3, 0.4) is 0 Å². The molecule has 0 aliphatic carbocycles. The molecule has 5 nitrogen and oxygen atoms in total. The summed E-state index contributed by atoms with van der Waals surface area (Å²) in [5.74, 6) is 1.01. The van der Waals surface area contributed by atoms with Gasteiger partial charge >= 0.3 is 6.18 Å². The summed E-state index contributed by atoms with van der Waals surface area (Å²) in [7, 11) is 0. The van der Waals surface area contributed by atoms with Gasteiger partial charge in [0, 0.05) is 24.7 Å². The minimum absolute atomic E-state index is 0.283. The fourth-order valence-corrected chi connectivity index (χ4v) is 4.66. The van der Waals surface area contributed by atoms with Gasteiger partial charge < -0.3 is 14.9 Å². The third-order valence-electron chi connectivity index (χ3n) is 6.24. The number of aromatic nitrogens is 2. The van der Waals surface area contributed by atoms with E-state index in [0.29, 0.717) is 23.2 Å². The summed E-state index contributed by atoms with van der Waals surface area (Å²) in [6.45, 7) is 7.84. The summed E-state index contributed by atoms with van der Waals surface area (Å²) in [5, 5.41) is 18.8. The largest absolute Gasteiger partial charge is 0.507 e. The fourth-order valence-electron chi connectivity index (χ4n) is 4.66. The van der Waals surface area contributed by atoms with Gasteiger partial charge in [0.05, 0.1) is 11.3 Å². The van der Waals surface area contributed by atoms with E-state index in [2.05, 4.69) is 26.9 Å². The SMILES string of the molecule is CCN1CCC2CCN(c3ccc(-c4c(C)cc(C(F)(F)F)cc4O)nn3)C2C1. The lowest BCUT2D eigenvalue weighted by molar-refractivity contribution is -0.137. The van der Waals surface area contributed by atoms with Crippen molar-refractivity contribution >= 4 is 5.82 Å². The molecule has 0 spiro atoms. The van der Waals surface area contributed by atoms with Crippen molar-refractivity contribution in [3.8, 4) is 17.0 Å². The van der Waals surface area contributed by atoms with Crippen LogP contribution in [-0.2, 0) is 6.18 Å². The average molecular weight is 406 g/mol. The molecule has 156 valence electrons. The van der Waals surface area contributed by atoms with E-state index in [4.69, 9.17) is 0 Å². The maximum absolute atomic E-state index is 12.9. The summed E-state index contributed by atoms with van der Waals surface area (Å²) < 4.78 is 38.8. The molecule has 2 aliphatic heterocycles. The number of likely N-dealkylation sites (tertiary alicyclic amines) is 1. The molecule has 2 fully saturated rings. The zero-order valence-corrected chi connectivity index (χ0v) is 16.6. The van der Waals surface area contributed by atoms with Crippen molar-refractivity contribution in [2.45, 2.75) is 38.9 Å². The minimum atomic E-state index is -4.50. The Balaban J connectivity index is 1.59. The Morgan fingerprint density at radius 1 is 1.14 bits per heavy atom. The average Bonchev–Trinajstić information content (AvgIpc) is 3.10. The molecule has 0 amide bonds. The maximum atomic E-state index is 12.9. The monoisotopic (exact) mass is 406 g/mol. The second kappa shape index (κ2) is 7.48. The molecule has 3 heterocycles. The molecule has 1 aromatic heterocycles. The molecule has 1 N–H and O–H groups in total. The lowest BCUT2D eigenvalue weighted by Crippen LogP contribution is -2.48. The van der Waals surface area contributed by atoms with Crippen molar-refractivity contribution in [3.05, 3.63) is 35.4 Å². The Labute approximate surface area is 168 Å². The van der Waals surface area contributed by atoms with E-state index in [1.54, 1.807) is 6.07 Å². The number of phenols is 1. The Kier molecular flexibility index (Phi) is 5.14. The van der Waals surface area contributed by atoms with Crippen LogP contribution in [0.2, 0.25) is 0 Å². The first-order valence-corrected chi connectivity index (χ1v) is 10.0. The highest BCUT2D eigenvalue weighted by atomic mass is 19.4. The molecule has 29 heavy (non-hydrogen) atoms. The first-order valence-electron chi connectivity index (χ1n) is 10.0. The van der Waals surface area contributed by atoms with Crippen LogP contribution in [0.1, 0.15) is 30.9 Å². The van der Waals surface area contributed by atoms with Gasteiger partial charge in [-0.1, -0.05) is 6.92 Å². The number of piperidine rings is 1. The van der Waals surface area contributed by atoms with Crippen LogP contribution in [0.4, 0.5) is 19.0 Å². The molecular weight excluding hydrogens is 381 g/mol. The van der Waals surface area contributed by atoms with Gasteiger partial charge in [-0.25, -0.2) is 0 Å². The number of hydrogen-bond acceptors (Lipinski definition) is 5. The number of fused-ring (bicyclic) bond motifs is 1. The van der Waals surface area contributed by atoms with Crippen molar-refractivity contribution in [2.75, 3.05) is 31.1 Å². The van der Waals surface area contributed by atoms with Crippen LogP contribution in [0.15, 0.2) is 24.3 Å². The Morgan fingerprint density at radius 2 is 1.90 bits per heavy atom. The number of likely N-dealkylation sites (N-methyl/N-ethyl adjacent to an activating group) is 1. The molecule has 2 saturated heterocycles. The van der Waals surface area contributed by atoms with E-state index in [9.17, 15) is 18.3 Å². The number of anilines is 1. The molecule has 2 aromatic rings. The lowest BCUT2D eigenvalue weighted by Gasteiger charge is -2.38. The number of aryl methyl sites for hydroxylation is 1. The Morgan fingerprint density at radius 3 is 2.52 bits per heavy atom. The minimum Gasteiger partial charge on any atom is -0.507 e. The van der Waals surface area contributed by atoms with Crippen molar-refractivity contribution < 1.29 is 18.3 Å². The zero-order chi connectivity index (χ0) is 20.8. The van der Waals surface area contributed by atoms with Gasteiger partial charge in [0.1, 0.15) is 5.75 Å². The molecule has 0 bridgehead atoms. The molecule has 0 radical (unpaired) electrons. The van der Waals surface area contributed by atoms with Gasteiger partial charge in [-0.05, 0) is 68.6 Å². The molecule has 2 aliphatic rings. The molecule has 1 aromatic carbocycles. The quantitative estimate of drug-likeness (QED) is 0.832. The van der Waals surface area contributed by atoms with Gasteiger partial charge in [0.15, 0.2) is 5.82 Å². The summed E-state index contributed by atoms with van der Waals surface area (Å²) >= 11 is 0. The number of nitrogens with zero attached hydrogens (tertiary/aromatic N) is 4. The van der Waals surface area contributed by atoms with Gasteiger partial charge in [-0.15, -0.1) is 10.2 Å². The van der Waals surface area contributed by atoms with E-state index in [0.717, 1.165) is 50.6 Å². The number of halogens is 3. The molecule has 8 heteroatoms. The van der Waals surface area contributed by atoms with Gasteiger partial charge in [0.25, 0.3) is 0 Å². The highest BCUT2D eigenvalue weighted by molar-refractivity contribution is 5.71. The fraction of sp³-hybridized carbons (Fsp3) is 0.524. The number of benzene rings is 1. The normalized spacial score (nSPS) is 22.7. The molecule has 2 unspecified atom stereocenters. The van der Waals surface area contributed by atoms with Crippen LogP contribution in [0, 0.1) is 12.8 Å². The second-order valence-corrected chi connectivity index (χ2v) is 7.95. The van der Waals surface area contributed by atoms with E-state index in [-0.39, 0.29) is 5.56 Å². The van der Waals surface area contributed by atoms with Crippen molar-refractivity contribution in [3.63, 3.8) is 0 Å². The first kappa shape index (κ1) is 19.9. The third-order valence-corrected chi connectivity index (χ3v) is 6.24. The predicted molar refractivity (Wildman–Crippen MR) is 105 cm³/mol. The zero-order valence-electron chi connectivity index (χ0n) is 16.6. The number of alkyl halides is 3. The molecular formula is C21H25F3N4O. The molecule has 2 atom stereocenters. The van der Waals surface area contributed by atoms with Gasteiger partial charge in [-0.2, -0.15) is 13.2 Å². The molecule has 4 rings (SSSR count). The van der Waals surface area contributed by atoms with Crippen LogP contribution in [-0.4, -0.2) is 52.4 Å². The van der Waals surface area contributed by atoms with Crippen LogP contribution >= 0.6 is 0 Å². The predicted octanol–water partition coefficient (Wildman–Crippen LogP) is 4.10. The maximum Gasteiger partial charge on any atom is 0.416 e. The molecule has 0 saturated carbocycles. The first-order chi connectivity index (χ1) is 13.8. The summed E-state index contributed by atoms with van der Waals surface area (Å²) in [4.78, 5) is 4.74. The number of rotatable bonds is 3.